The number of ether oxygens (including phenoxy) is 1. The quantitative estimate of drug-likeness (QED) is 0.403. The number of anilines is 1. The van der Waals surface area contributed by atoms with Crippen LogP contribution in [0.4, 0.5) is 19.1 Å². The molecule has 0 bridgehead atoms. The highest BCUT2D eigenvalue weighted by atomic mass is 32.1. The average molecular weight is 491 g/mol. The Morgan fingerprint density at radius 1 is 1.15 bits per heavy atom. The van der Waals surface area contributed by atoms with Gasteiger partial charge in [0.15, 0.2) is 0 Å². The third kappa shape index (κ3) is 4.44. The van der Waals surface area contributed by atoms with Gasteiger partial charge >= 0.3 is 12.1 Å². The molecule has 9 nitrogen and oxygen atoms in total. The summed E-state index contributed by atoms with van der Waals surface area (Å²) in [6.07, 6.45) is -0.145. The number of rotatable bonds is 4. The van der Waals surface area contributed by atoms with Crippen LogP contribution in [0.15, 0.2) is 30.7 Å². The summed E-state index contributed by atoms with van der Waals surface area (Å²) >= 11 is 1.06. The lowest BCUT2D eigenvalue weighted by molar-refractivity contribution is -0.189. The van der Waals surface area contributed by atoms with Gasteiger partial charge in [-0.05, 0) is 56.6 Å². The van der Waals surface area contributed by atoms with E-state index in [2.05, 4.69) is 41.2 Å². The predicted molar refractivity (Wildman–Crippen MR) is 117 cm³/mol. The topological polar surface area (TPSA) is 97.2 Å². The van der Waals surface area contributed by atoms with Gasteiger partial charge in [-0.3, -0.25) is 0 Å². The molecule has 13 heteroatoms. The van der Waals surface area contributed by atoms with Crippen LogP contribution < -0.4 is 9.64 Å². The molecular weight excluding hydrogens is 471 g/mol. The van der Waals surface area contributed by atoms with Crippen molar-refractivity contribution in [3.63, 3.8) is 0 Å². The van der Waals surface area contributed by atoms with Crippen molar-refractivity contribution in [3.05, 3.63) is 30.7 Å². The first-order valence-corrected chi connectivity index (χ1v) is 11.3. The maximum absolute atomic E-state index is 12.9. The largest absolute Gasteiger partial charge is 0.491 e. The third-order valence-corrected chi connectivity index (χ3v) is 6.95. The number of esters is 1. The minimum absolute atomic E-state index is 0.160. The average Bonchev–Trinajstić information content (AvgIpc) is 3.33. The molecule has 2 aliphatic heterocycles. The Balaban J connectivity index is 1.38. The van der Waals surface area contributed by atoms with Crippen LogP contribution >= 0.6 is 11.5 Å². The number of carbonyl (C=O) groups excluding carboxylic acids is 1. The van der Waals surface area contributed by atoms with Crippen LogP contribution in [0.3, 0.4) is 0 Å². The van der Waals surface area contributed by atoms with E-state index in [1.54, 1.807) is 6.07 Å². The first-order valence-electron chi connectivity index (χ1n) is 10.6. The Hall–Kier alpha value is -3.19. The van der Waals surface area contributed by atoms with E-state index in [0.717, 1.165) is 50.6 Å². The summed E-state index contributed by atoms with van der Waals surface area (Å²) in [4.78, 5) is 24.3. The number of alkyl halides is 3. The van der Waals surface area contributed by atoms with Crippen molar-refractivity contribution in [3.8, 4) is 27.6 Å². The summed E-state index contributed by atoms with van der Waals surface area (Å²) in [7, 11) is 2.12. The van der Waals surface area contributed by atoms with E-state index in [-0.39, 0.29) is 22.4 Å². The lowest BCUT2D eigenvalue weighted by atomic mass is 9.72. The molecule has 0 amide bonds. The summed E-state index contributed by atoms with van der Waals surface area (Å²) in [5, 5.41) is 8.81. The molecule has 34 heavy (non-hydrogen) atoms. The number of carbonyl (C=O) groups is 1. The highest BCUT2D eigenvalue weighted by Crippen LogP contribution is 2.41. The number of piperidine rings is 1. The van der Waals surface area contributed by atoms with Crippen LogP contribution in [0, 0.1) is 5.41 Å². The van der Waals surface area contributed by atoms with Crippen LogP contribution in [0.1, 0.15) is 12.8 Å². The number of halogens is 3. The second-order valence-corrected chi connectivity index (χ2v) is 9.43. The van der Waals surface area contributed by atoms with Gasteiger partial charge < -0.3 is 14.5 Å². The molecule has 2 aliphatic rings. The molecule has 2 fully saturated rings. The summed E-state index contributed by atoms with van der Waals surface area (Å²) in [6, 6.07) is 4.43. The van der Waals surface area contributed by atoms with Crippen molar-refractivity contribution in [1.29, 1.82) is 0 Å². The van der Waals surface area contributed by atoms with Gasteiger partial charge in [0.1, 0.15) is 22.8 Å². The minimum Gasteiger partial charge on any atom is -0.419 e. The molecule has 178 valence electrons. The molecule has 0 atom stereocenters. The summed E-state index contributed by atoms with van der Waals surface area (Å²) in [5.74, 6) is -2.18. The summed E-state index contributed by atoms with van der Waals surface area (Å²) in [5.41, 5.74) is 1.09. The zero-order valence-corrected chi connectivity index (χ0v) is 18.9. The highest BCUT2D eigenvalue weighted by Gasteiger charge is 2.45. The Labute approximate surface area is 196 Å². The van der Waals surface area contributed by atoms with Gasteiger partial charge in [0, 0.05) is 29.6 Å². The van der Waals surface area contributed by atoms with Crippen molar-refractivity contribution in [2.45, 2.75) is 19.0 Å². The van der Waals surface area contributed by atoms with Crippen molar-refractivity contribution < 1.29 is 22.7 Å². The minimum atomic E-state index is -5.15. The van der Waals surface area contributed by atoms with E-state index in [0.29, 0.717) is 16.5 Å². The fourth-order valence-electron chi connectivity index (χ4n) is 4.26. The lowest BCUT2D eigenvalue weighted by Crippen LogP contribution is -2.60. The van der Waals surface area contributed by atoms with E-state index < -0.39 is 12.1 Å². The Morgan fingerprint density at radius 2 is 1.91 bits per heavy atom. The lowest BCUT2D eigenvalue weighted by Gasteiger charge is -2.53. The van der Waals surface area contributed by atoms with Crippen LogP contribution in [0.5, 0.6) is 5.75 Å². The monoisotopic (exact) mass is 491 g/mol. The van der Waals surface area contributed by atoms with Crippen molar-refractivity contribution >= 4 is 23.5 Å². The first-order chi connectivity index (χ1) is 16.2. The van der Waals surface area contributed by atoms with Gasteiger partial charge in [0.25, 0.3) is 0 Å². The van der Waals surface area contributed by atoms with E-state index in [9.17, 15) is 18.0 Å². The molecule has 0 N–H and O–H groups in total. The van der Waals surface area contributed by atoms with Crippen molar-refractivity contribution in [2.24, 2.45) is 5.41 Å². The maximum Gasteiger partial charge on any atom is 0.491 e. The normalized spacial score (nSPS) is 18.1. The van der Waals surface area contributed by atoms with E-state index >= 15 is 0 Å². The van der Waals surface area contributed by atoms with Crippen LogP contribution in [-0.2, 0) is 4.79 Å². The molecule has 0 radical (unpaired) electrons. The number of benzene rings is 1. The smallest absolute Gasteiger partial charge is 0.419 e. The fourth-order valence-corrected chi connectivity index (χ4v) is 4.78. The Morgan fingerprint density at radius 3 is 2.53 bits per heavy atom. The number of hydrogen-bond donors (Lipinski definition) is 0. The highest BCUT2D eigenvalue weighted by molar-refractivity contribution is 7.09. The molecule has 0 saturated carbocycles. The second kappa shape index (κ2) is 8.55. The molecule has 1 aromatic carbocycles. The van der Waals surface area contributed by atoms with Crippen LogP contribution in [0.2, 0.25) is 0 Å². The number of aromatic nitrogens is 5. The van der Waals surface area contributed by atoms with Gasteiger partial charge in [-0.15, -0.1) is 10.2 Å². The zero-order valence-electron chi connectivity index (χ0n) is 18.1. The molecule has 0 unspecified atom stereocenters. The molecule has 2 aromatic heterocycles. The SMILES string of the molecule is CN1CCC2(CC1)CN(c1ncc(-c3ccc(-c4ncns4)cc3OC(=O)C(F)(F)F)nn1)C2. The van der Waals surface area contributed by atoms with Crippen molar-refractivity contribution in [2.75, 3.05) is 38.1 Å². The Bertz CT molecular complexity index is 1170. The third-order valence-electron chi connectivity index (χ3n) is 6.23. The Kier molecular flexibility index (Phi) is 5.68. The summed E-state index contributed by atoms with van der Waals surface area (Å²) in [6.45, 7) is 3.84. The fraction of sp³-hybridized carbons (Fsp3) is 0.429. The summed E-state index contributed by atoms with van der Waals surface area (Å²) < 4.78 is 47.1. The van der Waals surface area contributed by atoms with E-state index in [1.165, 1.54) is 24.7 Å². The molecule has 2 saturated heterocycles. The molecule has 0 aliphatic carbocycles. The maximum atomic E-state index is 12.9. The number of likely N-dealkylation sites (tertiary alicyclic amines) is 1. The van der Waals surface area contributed by atoms with Crippen LogP contribution in [0.25, 0.3) is 21.8 Å². The van der Waals surface area contributed by atoms with Gasteiger partial charge in [-0.25, -0.2) is 14.8 Å². The number of nitrogens with zero attached hydrogens (tertiary/aromatic N) is 7. The molecule has 4 heterocycles. The van der Waals surface area contributed by atoms with Gasteiger partial charge in [-0.1, -0.05) is 6.07 Å². The standard InChI is InChI=1S/C21H20F3N7O2S/c1-30-6-4-20(5-7-30)10-31(11-20)19-25-9-15(28-29-19)14-3-2-13(17-26-12-27-34-17)8-16(14)33-18(32)21(22,23)24/h2-3,8-9,12H,4-7,10-11H2,1H3. The van der Waals surface area contributed by atoms with E-state index in [4.69, 9.17) is 0 Å². The second-order valence-electron chi connectivity index (χ2n) is 8.65. The molecule has 5 rings (SSSR count). The molecule has 1 spiro atoms. The van der Waals surface area contributed by atoms with Gasteiger partial charge in [-0.2, -0.15) is 17.5 Å². The zero-order chi connectivity index (χ0) is 23.9. The number of hydrogen-bond acceptors (Lipinski definition) is 10. The van der Waals surface area contributed by atoms with Gasteiger partial charge in [0.05, 0.1) is 6.20 Å². The van der Waals surface area contributed by atoms with Crippen molar-refractivity contribution in [1.82, 2.24) is 29.4 Å². The van der Waals surface area contributed by atoms with Crippen LogP contribution in [-0.4, -0.2) is 74.8 Å². The van der Waals surface area contributed by atoms with E-state index in [1.807, 2.05) is 4.90 Å². The van der Waals surface area contributed by atoms with Gasteiger partial charge in [0.2, 0.25) is 5.95 Å². The first kappa shape index (κ1) is 22.6. The molecule has 3 aromatic rings. The predicted octanol–water partition coefficient (Wildman–Crippen LogP) is 3.06. The molecular formula is C21H20F3N7O2S.